The Morgan fingerprint density at radius 3 is 2.84 bits per heavy atom. The fourth-order valence-corrected chi connectivity index (χ4v) is 4.09. The molecule has 3 aromatic heterocycles. The van der Waals surface area contributed by atoms with Gasteiger partial charge in [0.1, 0.15) is 11.1 Å². The number of hydrogen-bond donors (Lipinski definition) is 2. The van der Waals surface area contributed by atoms with Crippen LogP contribution in [0.15, 0.2) is 35.1 Å². The van der Waals surface area contributed by atoms with E-state index in [4.69, 9.17) is 27.5 Å². The predicted octanol–water partition coefficient (Wildman–Crippen LogP) is 3.60. The molecule has 0 aliphatic carbocycles. The van der Waals surface area contributed by atoms with Gasteiger partial charge in [0.2, 0.25) is 5.88 Å². The SMILES string of the molecule is Nc1oc2cc(Cl)cnc2c1C(=O)Cc1cnccc1N1C[C@@H](N)C[C@@H](C(F)(F)F)C1. The van der Waals surface area contributed by atoms with Crippen LogP contribution >= 0.6 is 11.6 Å². The summed E-state index contributed by atoms with van der Waals surface area (Å²) in [5, 5.41) is 0.329. The van der Waals surface area contributed by atoms with Gasteiger partial charge in [0, 0.05) is 61.5 Å². The van der Waals surface area contributed by atoms with E-state index in [-0.39, 0.29) is 48.5 Å². The Bertz CT molecular complexity index is 1130. The summed E-state index contributed by atoms with van der Waals surface area (Å²) in [5.41, 5.74) is 13.4. The molecule has 3 aromatic rings. The van der Waals surface area contributed by atoms with Crippen LogP contribution in [0.1, 0.15) is 22.3 Å². The minimum atomic E-state index is -4.35. The van der Waals surface area contributed by atoms with Gasteiger partial charge in [-0.05, 0) is 12.5 Å². The Hall–Kier alpha value is -2.85. The van der Waals surface area contributed by atoms with Gasteiger partial charge in [0.25, 0.3) is 0 Å². The first kappa shape index (κ1) is 21.4. The second-order valence-electron chi connectivity index (χ2n) is 7.59. The molecule has 7 nitrogen and oxygen atoms in total. The number of nitrogen functional groups attached to an aromatic ring is 1. The van der Waals surface area contributed by atoms with Gasteiger partial charge in [-0.15, -0.1) is 0 Å². The molecule has 1 saturated heterocycles. The van der Waals surface area contributed by atoms with Crippen LogP contribution in [-0.4, -0.2) is 41.1 Å². The van der Waals surface area contributed by atoms with E-state index in [1.54, 1.807) is 11.0 Å². The maximum absolute atomic E-state index is 13.3. The third kappa shape index (κ3) is 4.31. The van der Waals surface area contributed by atoms with Crippen molar-refractivity contribution in [2.24, 2.45) is 11.7 Å². The van der Waals surface area contributed by atoms with E-state index in [0.29, 0.717) is 16.3 Å². The number of anilines is 2. The van der Waals surface area contributed by atoms with Crippen LogP contribution in [0, 0.1) is 5.92 Å². The maximum atomic E-state index is 13.3. The van der Waals surface area contributed by atoms with E-state index in [0.717, 1.165) is 0 Å². The second kappa shape index (κ2) is 8.01. The van der Waals surface area contributed by atoms with Gasteiger partial charge in [0.05, 0.1) is 10.9 Å². The highest BCUT2D eigenvalue weighted by Gasteiger charge is 2.44. The number of nitrogens with two attached hydrogens (primary N) is 2. The van der Waals surface area contributed by atoms with Crippen molar-refractivity contribution in [1.82, 2.24) is 9.97 Å². The number of aromatic nitrogens is 2. The Kier molecular flexibility index (Phi) is 5.52. The number of furan rings is 1. The number of pyridine rings is 2. The van der Waals surface area contributed by atoms with Crippen LogP contribution in [0.3, 0.4) is 0 Å². The molecule has 4 N–H and O–H groups in total. The highest BCUT2D eigenvalue weighted by Crippen LogP contribution is 2.36. The largest absolute Gasteiger partial charge is 0.438 e. The van der Waals surface area contributed by atoms with Crippen LogP contribution in [0.4, 0.5) is 24.7 Å². The number of fused-ring (bicyclic) bond motifs is 1. The normalized spacial score (nSPS) is 19.7. The molecule has 0 aromatic carbocycles. The van der Waals surface area contributed by atoms with Crippen molar-refractivity contribution < 1.29 is 22.4 Å². The number of carbonyl (C=O) groups excluding carboxylic acids is 1. The molecule has 4 heterocycles. The van der Waals surface area contributed by atoms with Gasteiger partial charge < -0.3 is 20.8 Å². The molecule has 0 spiro atoms. The Morgan fingerprint density at radius 2 is 2.10 bits per heavy atom. The smallest absolute Gasteiger partial charge is 0.393 e. The number of rotatable bonds is 4. The average Bonchev–Trinajstić information content (AvgIpc) is 3.02. The maximum Gasteiger partial charge on any atom is 0.393 e. The molecule has 2 atom stereocenters. The number of carbonyl (C=O) groups is 1. The summed E-state index contributed by atoms with van der Waals surface area (Å²) in [6, 6.07) is 2.45. The van der Waals surface area contributed by atoms with Gasteiger partial charge >= 0.3 is 6.18 Å². The first-order valence-corrected chi connectivity index (χ1v) is 9.88. The Morgan fingerprint density at radius 1 is 1.32 bits per heavy atom. The fraction of sp³-hybridized carbons (Fsp3) is 0.350. The first-order chi connectivity index (χ1) is 14.6. The van der Waals surface area contributed by atoms with E-state index >= 15 is 0 Å². The van der Waals surface area contributed by atoms with E-state index in [9.17, 15) is 18.0 Å². The summed E-state index contributed by atoms with van der Waals surface area (Å²) in [6.45, 7) is 0.00779. The molecule has 164 valence electrons. The number of ketones is 1. The standard InChI is InChI=1S/C20H19ClF3N5O2/c21-12-5-16-18(28-7-12)17(19(26)31-16)15(30)3-10-6-27-2-1-14(10)29-8-11(20(22,23)24)4-13(25)9-29/h1-2,5-7,11,13H,3-4,8-9,25-26H2/t11-,13+/m1/s1. The monoisotopic (exact) mass is 453 g/mol. The molecule has 1 aliphatic rings. The van der Waals surface area contributed by atoms with Crippen molar-refractivity contribution in [3.63, 3.8) is 0 Å². The van der Waals surface area contributed by atoms with Gasteiger partial charge in [-0.3, -0.25) is 14.8 Å². The highest BCUT2D eigenvalue weighted by atomic mass is 35.5. The molecule has 0 bridgehead atoms. The second-order valence-corrected chi connectivity index (χ2v) is 8.02. The number of nitrogens with zero attached hydrogens (tertiary/aromatic N) is 3. The van der Waals surface area contributed by atoms with E-state index in [1.165, 1.54) is 24.7 Å². The average molecular weight is 454 g/mol. The predicted molar refractivity (Wildman–Crippen MR) is 110 cm³/mol. The molecule has 0 saturated carbocycles. The molecule has 4 rings (SSSR count). The zero-order valence-electron chi connectivity index (χ0n) is 16.2. The van der Waals surface area contributed by atoms with Crippen molar-refractivity contribution in [3.8, 4) is 0 Å². The van der Waals surface area contributed by atoms with Crippen molar-refractivity contribution in [1.29, 1.82) is 0 Å². The molecule has 1 fully saturated rings. The minimum Gasteiger partial charge on any atom is -0.438 e. The third-order valence-corrected chi connectivity index (χ3v) is 5.52. The minimum absolute atomic E-state index is 0.0997. The number of piperidine rings is 1. The number of alkyl halides is 3. The molecule has 31 heavy (non-hydrogen) atoms. The quantitative estimate of drug-likeness (QED) is 0.580. The van der Waals surface area contributed by atoms with Crippen LogP contribution in [-0.2, 0) is 6.42 Å². The molecule has 0 radical (unpaired) electrons. The van der Waals surface area contributed by atoms with Crippen LogP contribution in [0.5, 0.6) is 0 Å². The van der Waals surface area contributed by atoms with E-state index in [2.05, 4.69) is 9.97 Å². The third-order valence-electron chi connectivity index (χ3n) is 5.32. The van der Waals surface area contributed by atoms with Crippen LogP contribution < -0.4 is 16.4 Å². The summed E-state index contributed by atoms with van der Waals surface area (Å²) in [5.74, 6) is -2.04. The molecular weight excluding hydrogens is 435 g/mol. The lowest BCUT2D eigenvalue weighted by atomic mass is 9.93. The summed E-state index contributed by atoms with van der Waals surface area (Å²) >= 11 is 5.90. The zero-order valence-corrected chi connectivity index (χ0v) is 17.0. The van der Waals surface area contributed by atoms with Crippen molar-refractivity contribution in [2.45, 2.75) is 25.1 Å². The molecule has 11 heteroatoms. The van der Waals surface area contributed by atoms with Gasteiger partial charge in [-0.1, -0.05) is 11.6 Å². The topological polar surface area (TPSA) is 111 Å². The van der Waals surface area contributed by atoms with Crippen molar-refractivity contribution in [3.05, 3.63) is 46.9 Å². The van der Waals surface area contributed by atoms with Gasteiger partial charge in [-0.25, -0.2) is 0 Å². The Labute approximate surface area is 180 Å². The lowest BCUT2D eigenvalue weighted by Crippen LogP contribution is -2.51. The van der Waals surface area contributed by atoms with Gasteiger partial charge in [-0.2, -0.15) is 13.2 Å². The number of halogens is 4. The molecule has 0 unspecified atom stereocenters. The van der Waals surface area contributed by atoms with E-state index in [1.807, 2.05) is 0 Å². The molecule has 1 aliphatic heterocycles. The lowest BCUT2D eigenvalue weighted by Gasteiger charge is -2.39. The summed E-state index contributed by atoms with van der Waals surface area (Å²) < 4.78 is 45.4. The highest BCUT2D eigenvalue weighted by molar-refractivity contribution is 6.31. The lowest BCUT2D eigenvalue weighted by molar-refractivity contribution is -0.177. The van der Waals surface area contributed by atoms with Crippen molar-refractivity contribution in [2.75, 3.05) is 23.7 Å². The van der Waals surface area contributed by atoms with Crippen LogP contribution in [0.25, 0.3) is 11.1 Å². The first-order valence-electron chi connectivity index (χ1n) is 9.50. The summed E-state index contributed by atoms with van der Waals surface area (Å²) in [4.78, 5) is 22.8. The molecular formula is C20H19ClF3N5O2. The summed E-state index contributed by atoms with van der Waals surface area (Å²) in [7, 11) is 0. The zero-order chi connectivity index (χ0) is 22.3. The molecule has 0 amide bonds. The summed E-state index contributed by atoms with van der Waals surface area (Å²) in [6.07, 6.45) is -0.330. The van der Waals surface area contributed by atoms with Crippen LogP contribution in [0.2, 0.25) is 5.02 Å². The van der Waals surface area contributed by atoms with E-state index < -0.39 is 23.9 Å². The Balaban J connectivity index is 1.64. The number of hydrogen-bond acceptors (Lipinski definition) is 7. The fourth-order valence-electron chi connectivity index (χ4n) is 3.94. The van der Waals surface area contributed by atoms with Gasteiger partial charge in [0.15, 0.2) is 11.4 Å². The number of Topliss-reactive ketones (excluding diaryl/α,β-unsaturated/α-hetero) is 1. The van der Waals surface area contributed by atoms with Crippen molar-refractivity contribution >= 4 is 40.1 Å².